The van der Waals surface area contributed by atoms with Gasteiger partial charge in [0.05, 0.1) is 7.11 Å². The van der Waals surface area contributed by atoms with Crippen molar-refractivity contribution in [2.45, 2.75) is 19.9 Å². The predicted molar refractivity (Wildman–Crippen MR) is 81.2 cm³/mol. The summed E-state index contributed by atoms with van der Waals surface area (Å²) in [5.41, 5.74) is 3.31. The van der Waals surface area contributed by atoms with Crippen LogP contribution in [0.2, 0.25) is 5.02 Å². The number of benzene rings is 2. The lowest BCUT2D eigenvalue weighted by Gasteiger charge is -2.18. The highest BCUT2D eigenvalue weighted by molar-refractivity contribution is 6.31. The standard InChI is InChI=1S/C16H18ClNO/c1-11-15(17)8-5-9-16(11)18-12(2)13-6-4-7-14(10-13)19-3/h4-10,12,18H,1-3H3. The summed E-state index contributed by atoms with van der Waals surface area (Å²) in [5.74, 6) is 0.869. The number of rotatable bonds is 4. The fraction of sp³-hybridized carbons (Fsp3) is 0.250. The van der Waals surface area contributed by atoms with Crippen LogP contribution in [0.1, 0.15) is 24.1 Å². The molecule has 0 amide bonds. The van der Waals surface area contributed by atoms with Crippen LogP contribution in [0, 0.1) is 6.92 Å². The minimum atomic E-state index is 0.187. The Kier molecular flexibility index (Phi) is 4.33. The third-order valence-corrected chi connectivity index (χ3v) is 3.64. The number of hydrogen-bond donors (Lipinski definition) is 1. The van der Waals surface area contributed by atoms with Crippen molar-refractivity contribution in [3.05, 3.63) is 58.6 Å². The Labute approximate surface area is 119 Å². The number of methoxy groups -OCH3 is 1. The normalized spacial score (nSPS) is 12.0. The number of nitrogens with one attached hydrogen (secondary N) is 1. The quantitative estimate of drug-likeness (QED) is 0.863. The van der Waals surface area contributed by atoms with Gasteiger partial charge in [0.2, 0.25) is 0 Å². The summed E-state index contributed by atoms with van der Waals surface area (Å²) in [6.45, 7) is 4.14. The van der Waals surface area contributed by atoms with Gasteiger partial charge >= 0.3 is 0 Å². The van der Waals surface area contributed by atoms with E-state index in [0.717, 1.165) is 22.0 Å². The molecule has 1 N–H and O–H groups in total. The van der Waals surface area contributed by atoms with Crippen LogP contribution < -0.4 is 10.1 Å². The molecule has 0 radical (unpaired) electrons. The minimum absolute atomic E-state index is 0.187. The Morgan fingerprint density at radius 3 is 2.63 bits per heavy atom. The minimum Gasteiger partial charge on any atom is -0.497 e. The molecule has 19 heavy (non-hydrogen) atoms. The fourth-order valence-electron chi connectivity index (χ4n) is 1.99. The van der Waals surface area contributed by atoms with Crippen molar-refractivity contribution in [1.29, 1.82) is 0 Å². The second-order valence-corrected chi connectivity index (χ2v) is 4.96. The topological polar surface area (TPSA) is 21.3 Å². The van der Waals surface area contributed by atoms with E-state index >= 15 is 0 Å². The van der Waals surface area contributed by atoms with E-state index < -0.39 is 0 Å². The fourth-order valence-corrected chi connectivity index (χ4v) is 2.17. The Hall–Kier alpha value is -1.67. The van der Waals surface area contributed by atoms with Gasteiger partial charge in [0.25, 0.3) is 0 Å². The molecular weight excluding hydrogens is 258 g/mol. The molecule has 100 valence electrons. The summed E-state index contributed by atoms with van der Waals surface area (Å²) in [6, 6.07) is 14.1. The third-order valence-electron chi connectivity index (χ3n) is 3.23. The van der Waals surface area contributed by atoms with Crippen LogP contribution in [-0.2, 0) is 0 Å². The van der Waals surface area contributed by atoms with Gasteiger partial charge in [-0.1, -0.05) is 29.8 Å². The van der Waals surface area contributed by atoms with Crippen LogP contribution in [0.15, 0.2) is 42.5 Å². The zero-order chi connectivity index (χ0) is 13.8. The molecule has 0 spiro atoms. The molecule has 0 saturated carbocycles. The van der Waals surface area contributed by atoms with Gasteiger partial charge in [-0.25, -0.2) is 0 Å². The lowest BCUT2D eigenvalue weighted by molar-refractivity contribution is 0.414. The van der Waals surface area contributed by atoms with Gasteiger partial charge in [-0.05, 0) is 49.2 Å². The SMILES string of the molecule is COc1cccc(C(C)Nc2cccc(Cl)c2C)c1. The second-order valence-electron chi connectivity index (χ2n) is 4.56. The molecule has 0 saturated heterocycles. The summed E-state index contributed by atoms with van der Waals surface area (Å²) >= 11 is 6.13. The Balaban J connectivity index is 2.20. The predicted octanol–water partition coefficient (Wildman–Crippen LogP) is 4.83. The van der Waals surface area contributed by atoms with Crippen molar-refractivity contribution in [1.82, 2.24) is 0 Å². The Morgan fingerprint density at radius 2 is 1.89 bits per heavy atom. The van der Waals surface area contributed by atoms with Crippen molar-refractivity contribution in [2.24, 2.45) is 0 Å². The maximum Gasteiger partial charge on any atom is 0.119 e. The molecule has 0 bridgehead atoms. The average molecular weight is 276 g/mol. The van der Waals surface area contributed by atoms with Gasteiger partial charge in [-0.2, -0.15) is 0 Å². The van der Waals surface area contributed by atoms with Crippen LogP contribution in [0.3, 0.4) is 0 Å². The smallest absolute Gasteiger partial charge is 0.119 e. The summed E-state index contributed by atoms with van der Waals surface area (Å²) in [4.78, 5) is 0. The highest BCUT2D eigenvalue weighted by Gasteiger charge is 2.09. The molecule has 0 heterocycles. The van der Waals surface area contributed by atoms with E-state index in [-0.39, 0.29) is 6.04 Å². The number of halogens is 1. The molecule has 0 aliphatic heterocycles. The van der Waals surface area contributed by atoms with Crippen LogP contribution in [0.5, 0.6) is 5.75 Å². The largest absolute Gasteiger partial charge is 0.497 e. The maximum atomic E-state index is 6.13. The molecule has 1 atom stereocenters. The monoisotopic (exact) mass is 275 g/mol. The first-order valence-electron chi connectivity index (χ1n) is 6.27. The highest BCUT2D eigenvalue weighted by Crippen LogP contribution is 2.27. The third kappa shape index (κ3) is 3.21. The second kappa shape index (κ2) is 5.98. The average Bonchev–Trinajstić information content (AvgIpc) is 2.44. The maximum absolute atomic E-state index is 6.13. The van der Waals surface area contributed by atoms with E-state index in [4.69, 9.17) is 16.3 Å². The van der Waals surface area contributed by atoms with Crippen LogP contribution >= 0.6 is 11.6 Å². The van der Waals surface area contributed by atoms with E-state index in [0.29, 0.717) is 0 Å². The van der Waals surface area contributed by atoms with E-state index in [1.165, 1.54) is 5.56 Å². The molecular formula is C16H18ClNO. The summed E-state index contributed by atoms with van der Waals surface area (Å²) < 4.78 is 5.25. The molecule has 0 aromatic heterocycles. The van der Waals surface area contributed by atoms with E-state index in [9.17, 15) is 0 Å². The van der Waals surface area contributed by atoms with E-state index in [2.05, 4.69) is 18.3 Å². The molecule has 0 aliphatic carbocycles. The van der Waals surface area contributed by atoms with Gasteiger partial charge in [-0.15, -0.1) is 0 Å². The number of anilines is 1. The molecule has 2 aromatic carbocycles. The van der Waals surface area contributed by atoms with E-state index in [1.807, 2.05) is 43.3 Å². The lowest BCUT2D eigenvalue weighted by atomic mass is 10.1. The molecule has 2 rings (SSSR count). The van der Waals surface area contributed by atoms with Gasteiger partial charge in [0, 0.05) is 16.8 Å². The number of hydrogen-bond acceptors (Lipinski definition) is 2. The highest BCUT2D eigenvalue weighted by atomic mass is 35.5. The first-order chi connectivity index (χ1) is 9.11. The first kappa shape index (κ1) is 13.8. The molecule has 3 heteroatoms. The van der Waals surface area contributed by atoms with Gasteiger partial charge in [-0.3, -0.25) is 0 Å². The first-order valence-corrected chi connectivity index (χ1v) is 6.65. The summed E-state index contributed by atoms with van der Waals surface area (Å²) in [6.07, 6.45) is 0. The Morgan fingerprint density at radius 1 is 1.16 bits per heavy atom. The van der Waals surface area contributed by atoms with Gasteiger partial charge in [0.15, 0.2) is 0 Å². The van der Waals surface area contributed by atoms with Crippen molar-refractivity contribution in [3.63, 3.8) is 0 Å². The Bertz CT molecular complexity index is 568. The summed E-state index contributed by atoms with van der Waals surface area (Å²) in [7, 11) is 1.68. The van der Waals surface area contributed by atoms with Crippen molar-refractivity contribution >= 4 is 17.3 Å². The van der Waals surface area contributed by atoms with Crippen molar-refractivity contribution < 1.29 is 4.74 Å². The van der Waals surface area contributed by atoms with Crippen LogP contribution in [0.25, 0.3) is 0 Å². The molecule has 2 aromatic rings. The van der Waals surface area contributed by atoms with Gasteiger partial charge < -0.3 is 10.1 Å². The molecule has 1 unspecified atom stereocenters. The number of ether oxygens (including phenoxy) is 1. The van der Waals surface area contributed by atoms with Crippen LogP contribution in [-0.4, -0.2) is 7.11 Å². The van der Waals surface area contributed by atoms with E-state index in [1.54, 1.807) is 7.11 Å². The summed E-state index contributed by atoms with van der Waals surface area (Å²) in [5, 5.41) is 4.26. The zero-order valence-corrected chi connectivity index (χ0v) is 12.2. The molecule has 0 aliphatic rings. The van der Waals surface area contributed by atoms with Crippen molar-refractivity contribution in [3.8, 4) is 5.75 Å². The zero-order valence-electron chi connectivity index (χ0n) is 11.4. The van der Waals surface area contributed by atoms with Crippen molar-refractivity contribution in [2.75, 3.05) is 12.4 Å². The lowest BCUT2D eigenvalue weighted by Crippen LogP contribution is -2.07. The van der Waals surface area contributed by atoms with Gasteiger partial charge in [0.1, 0.15) is 5.75 Å². The molecule has 2 nitrogen and oxygen atoms in total. The molecule has 0 fully saturated rings. The van der Waals surface area contributed by atoms with Crippen LogP contribution in [0.4, 0.5) is 5.69 Å².